The number of unbranched alkanes of at least 4 members (excludes halogenated alkanes) is 47. The van der Waals surface area contributed by atoms with Crippen LogP contribution in [0.2, 0.25) is 0 Å². The molecule has 0 saturated carbocycles. The van der Waals surface area contributed by atoms with Crippen LogP contribution < -0.4 is 5.32 Å². The molecule has 17 unspecified atom stereocenters. The Morgan fingerprint density at radius 2 is 0.603 bits per heavy atom. The van der Waals surface area contributed by atoms with E-state index in [4.69, 9.17) is 28.4 Å². The van der Waals surface area contributed by atoms with E-state index in [1.807, 2.05) is 6.08 Å². The van der Waals surface area contributed by atoms with E-state index >= 15 is 0 Å². The summed E-state index contributed by atoms with van der Waals surface area (Å²) >= 11 is 0. The molecule has 3 saturated heterocycles. The molecule has 674 valence electrons. The second-order valence-electron chi connectivity index (χ2n) is 33.4. The average molecular weight is 1640 g/mol. The van der Waals surface area contributed by atoms with Crippen LogP contribution in [0.1, 0.15) is 380 Å². The highest BCUT2D eigenvalue weighted by atomic mass is 16.8. The maximum Gasteiger partial charge on any atom is 0.220 e. The second-order valence-corrected chi connectivity index (χ2v) is 33.4. The lowest BCUT2D eigenvalue weighted by molar-refractivity contribution is -0.379. The fraction of sp³-hybridized carbons (Fsp3) is 0.825. The highest BCUT2D eigenvalue weighted by Crippen LogP contribution is 2.34. The molecular weight excluding hydrogens is 1470 g/mol. The van der Waals surface area contributed by atoms with Crippen molar-refractivity contribution in [1.29, 1.82) is 0 Å². The smallest absolute Gasteiger partial charge is 0.220 e. The molecule has 116 heavy (non-hydrogen) atoms. The van der Waals surface area contributed by atoms with Crippen LogP contribution in [0.4, 0.5) is 0 Å². The van der Waals surface area contributed by atoms with Gasteiger partial charge in [-0.15, -0.1) is 0 Å². The lowest BCUT2D eigenvalue weighted by atomic mass is 9.96. The number of amides is 1. The number of hydrogen-bond acceptors (Lipinski definition) is 18. The Balaban J connectivity index is 1.30. The van der Waals surface area contributed by atoms with Gasteiger partial charge in [0.1, 0.15) is 73.2 Å². The van der Waals surface area contributed by atoms with Gasteiger partial charge in [0, 0.05) is 6.42 Å². The third-order valence-corrected chi connectivity index (χ3v) is 23.1. The molecule has 0 radical (unpaired) electrons. The molecule has 0 spiro atoms. The molecular formula is C97H173NO18. The van der Waals surface area contributed by atoms with E-state index < -0.39 is 124 Å². The van der Waals surface area contributed by atoms with Gasteiger partial charge in [-0.3, -0.25) is 4.79 Å². The Kier molecular flexibility index (Phi) is 69.5. The van der Waals surface area contributed by atoms with Gasteiger partial charge in [-0.25, -0.2) is 0 Å². The first kappa shape index (κ1) is 107. The summed E-state index contributed by atoms with van der Waals surface area (Å²) in [4.78, 5) is 13.5. The highest BCUT2D eigenvalue weighted by molar-refractivity contribution is 5.76. The number of carbonyl (C=O) groups excluding carboxylic acids is 1. The minimum Gasteiger partial charge on any atom is -0.394 e. The summed E-state index contributed by atoms with van der Waals surface area (Å²) in [5.41, 5.74) is 0. The molecule has 0 aromatic rings. The van der Waals surface area contributed by atoms with Crippen LogP contribution in [0.3, 0.4) is 0 Å². The van der Waals surface area contributed by atoms with Crippen molar-refractivity contribution in [3.8, 4) is 0 Å². The van der Waals surface area contributed by atoms with E-state index in [1.54, 1.807) is 6.08 Å². The minimum atomic E-state index is -1.99. The Morgan fingerprint density at radius 1 is 0.319 bits per heavy atom. The lowest BCUT2D eigenvalue weighted by Gasteiger charge is -2.48. The SMILES string of the molecule is CC/C=C\C/C=C\C/C=C\C/C=C\C/C=C\CCCCCCCCCCCCCCCCCCCCCCCCCCCC(=O)NC(COC1OC(CO)C(OC2OC(CO)C(OC3OC(CO)C(O)C(O)C3O)C(O)C2O)C(O)C1O)C(O)/C=C/CC/C=C/CC/C=C/CCCCCCCCCCCCCCCCCCCCCC. The Hall–Kier alpha value is -3.29. The Bertz CT molecular complexity index is 2470. The van der Waals surface area contributed by atoms with Gasteiger partial charge in [-0.1, -0.05) is 381 Å². The molecule has 17 atom stereocenters. The van der Waals surface area contributed by atoms with Crippen LogP contribution in [0.5, 0.6) is 0 Å². The number of carbonyl (C=O) groups is 1. The summed E-state index contributed by atoms with van der Waals surface area (Å²) < 4.78 is 34.5. The van der Waals surface area contributed by atoms with Gasteiger partial charge in [-0.2, -0.15) is 0 Å². The number of aliphatic hydroxyl groups is 11. The van der Waals surface area contributed by atoms with Crippen LogP contribution in [-0.2, 0) is 33.2 Å². The summed E-state index contributed by atoms with van der Waals surface area (Å²) in [5, 5.41) is 121. The molecule has 3 fully saturated rings. The molecule has 3 rings (SSSR count). The van der Waals surface area contributed by atoms with E-state index in [1.165, 1.54) is 270 Å². The van der Waals surface area contributed by atoms with Crippen LogP contribution in [0.25, 0.3) is 0 Å². The number of aliphatic hydroxyl groups excluding tert-OH is 11. The first-order valence-electron chi connectivity index (χ1n) is 47.5. The second kappa shape index (κ2) is 75.5. The molecule has 0 bridgehead atoms. The predicted octanol–water partition coefficient (Wildman–Crippen LogP) is 19.0. The predicted molar refractivity (Wildman–Crippen MR) is 471 cm³/mol. The fourth-order valence-electron chi connectivity index (χ4n) is 15.6. The molecule has 3 heterocycles. The largest absolute Gasteiger partial charge is 0.394 e. The average Bonchev–Trinajstić information content (AvgIpc) is 0.783. The van der Waals surface area contributed by atoms with Gasteiger partial charge in [0.2, 0.25) is 5.91 Å². The maximum atomic E-state index is 13.5. The maximum absolute atomic E-state index is 13.5. The van der Waals surface area contributed by atoms with Crippen LogP contribution in [0, 0.1) is 0 Å². The van der Waals surface area contributed by atoms with E-state index in [0.29, 0.717) is 12.8 Å². The third kappa shape index (κ3) is 52.9. The Morgan fingerprint density at radius 3 is 0.966 bits per heavy atom. The summed E-state index contributed by atoms with van der Waals surface area (Å²) in [6, 6.07) is -1.00. The highest BCUT2D eigenvalue weighted by Gasteiger charge is 2.54. The number of rotatable bonds is 77. The lowest BCUT2D eigenvalue weighted by Crippen LogP contribution is -2.66. The van der Waals surface area contributed by atoms with Crippen molar-refractivity contribution in [3.63, 3.8) is 0 Å². The zero-order chi connectivity index (χ0) is 83.8. The summed E-state index contributed by atoms with van der Waals surface area (Å²) in [6.07, 6.45) is 78.7. The monoisotopic (exact) mass is 1640 g/mol. The number of nitrogens with one attached hydrogen (secondary N) is 1. The van der Waals surface area contributed by atoms with Crippen LogP contribution >= 0.6 is 0 Å². The zero-order valence-electron chi connectivity index (χ0n) is 73.0. The van der Waals surface area contributed by atoms with E-state index in [-0.39, 0.29) is 18.9 Å². The number of ether oxygens (including phenoxy) is 6. The van der Waals surface area contributed by atoms with Gasteiger partial charge in [0.05, 0.1) is 38.6 Å². The molecule has 0 aliphatic carbocycles. The molecule has 19 heteroatoms. The molecule has 1 amide bonds. The topological polar surface area (TPSA) is 307 Å². The third-order valence-electron chi connectivity index (χ3n) is 23.1. The first-order valence-corrected chi connectivity index (χ1v) is 47.5. The van der Waals surface area contributed by atoms with Gasteiger partial charge in [0.25, 0.3) is 0 Å². The molecule has 12 N–H and O–H groups in total. The fourth-order valence-corrected chi connectivity index (χ4v) is 15.6. The molecule has 3 aliphatic heterocycles. The first-order chi connectivity index (χ1) is 56.8. The van der Waals surface area contributed by atoms with E-state index in [0.717, 1.165) is 77.0 Å². The van der Waals surface area contributed by atoms with Crippen molar-refractivity contribution in [2.45, 2.75) is 484 Å². The van der Waals surface area contributed by atoms with Gasteiger partial charge in [0.15, 0.2) is 18.9 Å². The summed E-state index contributed by atoms with van der Waals surface area (Å²) in [7, 11) is 0. The van der Waals surface area contributed by atoms with Crippen molar-refractivity contribution >= 4 is 5.91 Å². The van der Waals surface area contributed by atoms with Gasteiger partial charge >= 0.3 is 0 Å². The van der Waals surface area contributed by atoms with E-state index in [9.17, 15) is 61.0 Å². The Labute approximate surface area is 704 Å². The van der Waals surface area contributed by atoms with Crippen molar-refractivity contribution in [1.82, 2.24) is 5.32 Å². The van der Waals surface area contributed by atoms with Gasteiger partial charge in [-0.05, 0) is 89.9 Å². The number of hydrogen-bond donors (Lipinski definition) is 12. The molecule has 3 aliphatic rings. The quantitative estimate of drug-likeness (QED) is 0.0199. The van der Waals surface area contributed by atoms with Gasteiger partial charge < -0.3 is 89.9 Å². The van der Waals surface area contributed by atoms with Crippen molar-refractivity contribution in [3.05, 3.63) is 97.2 Å². The molecule has 19 nitrogen and oxygen atoms in total. The summed E-state index contributed by atoms with van der Waals surface area (Å²) in [5.74, 6) is -0.284. The van der Waals surface area contributed by atoms with Crippen LogP contribution in [0.15, 0.2) is 97.2 Å². The van der Waals surface area contributed by atoms with Crippen LogP contribution in [-0.4, -0.2) is 193 Å². The zero-order valence-corrected chi connectivity index (χ0v) is 73.0. The number of allylic oxidation sites excluding steroid dienone is 15. The van der Waals surface area contributed by atoms with Crippen molar-refractivity contribution < 1.29 is 89.4 Å². The van der Waals surface area contributed by atoms with Crippen molar-refractivity contribution in [2.24, 2.45) is 0 Å². The van der Waals surface area contributed by atoms with E-state index in [2.05, 4.69) is 104 Å². The molecule has 0 aromatic carbocycles. The minimum absolute atomic E-state index is 0.232. The van der Waals surface area contributed by atoms with Crippen molar-refractivity contribution in [2.75, 3.05) is 26.4 Å². The molecule has 0 aromatic heterocycles. The summed E-state index contributed by atoms with van der Waals surface area (Å²) in [6.45, 7) is 1.65. The normalized spacial score (nSPS) is 24.9. The standard InChI is InChI=1S/C97H173NO18/c1-3-5-7-9-11-13-15-17-19-21-23-25-27-29-31-33-35-36-37-38-39-40-41-42-43-44-45-47-49-51-53-55-57-59-61-63-65-67-69-71-73-75-85(103)98-80(81(102)74-72-70-68-66-64-62-60-58-56-54-52-50-48-46-34-32-30-28-26-24-22-20-18-16-14-12-10-8-6-4-2)79-111-95-91(109)88(106)93(83(77-100)113-95)116-97-92(110)89(107)94(84(78-101)114-97)115-96-90(108)87(105)86(104)82(76-99)112-96/h5,7,11,13,17,19,23,25,29,31,56,58,64,66,72,74,80-84,86-97,99-102,104-110H,3-4,6,8-10,12,14-16,18,20-22,24,26-28,30,32-55,57,59-63,65,67-71,73,75-79H2,1-2H3,(H,98,103)/b7-5-,13-11-,19-17-,25-23-,31-29-,58-56+,66-64+,74-72+.